The number of hydrogen-bond donors (Lipinski definition) is 0. The highest BCUT2D eigenvalue weighted by Crippen LogP contribution is 2.48. The van der Waals surface area contributed by atoms with Gasteiger partial charge in [-0.3, -0.25) is 0 Å². The number of benzene rings is 10. The molecule has 0 fully saturated rings. The molecular formula is C67H36N8. The van der Waals surface area contributed by atoms with Crippen molar-refractivity contribution in [3.05, 3.63) is 263 Å². The second-order valence-electron chi connectivity index (χ2n) is 18.4. The monoisotopic (exact) mass is 952 g/mol. The lowest BCUT2D eigenvalue weighted by molar-refractivity contribution is 1.14. The van der Waals surface area contributed by atoms with Crippen LogP contribution in [0, 0.1) is 55.9 Å². The molecule has 12 rings (SSSR count). The molecule has 0 saturated carbocycles. The van der Waals surface area contributed by atoms with Crippen LogP contribution in [0.4, 0.5) is 22.7 Å². The Bertz CT molecular complexity index is 4400. The van der Waals surface area contributed by atoms with Gasteiger partial charge in [-0.1, -0.05) is 121 Å². The van der Waals surface area contributed by atoms with Crippen LogP contribution in [0.3, 0.4) is 0 Å². The Morgan fingerprint density at radius 2 is 0.720 bits per heavy atom. The molecule has 0 aliphatic rings. The summed E-state index contributed by atoms with van der Waals surface area (Å²) in [5, 5.41) is 23.7. The number of aromatic nitrogens is 2. The van der Waals surface area contributed by atoms with Gasteiger partial charge in [0.15, 0.2) is 17.1 Å². The van der Waals surface area contributed by atoms with E-state index >= 15 is 0 Å². The molecule has 0 atom stereocenters. The Balaban J connectivity index is 1.17. The molecule has 0 amide bonds. The Morgan fingerprint density at radius 1 is 0.347 bits per heavy atom. The van der Waals surface area contributed by atoms with Crippen molar-refractivity contribution in [3.63, 3.8) is 0 Å². The Kier molecular flexibility index (Phi) is 10.9. The predicted molar refractivity (Wildman–Crippen MR) is 302 cm³/mol. The molecule has 0 saturated heterocycles. The van der Waals surface area contributed by atoms with Crippen molar-refractivity contribution >= 4 is 66.4 Å². The van der Waals surface area contributed by atoms with E-state index < -0.39 is 0 Å². The van der Waals surface area contributed by atoms with E-state index in [0.29, 0.717) is 45.3 Å². The molecule has 0 aliphatic carbocycles. The van der Waals surface area contributed by atoms with Crippen molar-refractivity contribution in [3.8, 4) is 79.1 Å². The Labute approximate surface area is 432 Å². The van der Waals surface area contributed by atoms with Gasteiger partial charge in [-0.15, -0.1) is 0 Å². The maximum absolute atomic E-state index is 10.3. The van der Waals surface area contributed by atoms with Crippen LogP contribution in [0.5, 0.6) is 0 Å². The van der Waals surface area contributed by atoms with E-state index in [1.807, 2.05) is 122 Å². The summed E-state index contributed by atoms with van der Waals surface area (Å²) in [4.78, 5) is 15.4. The summed E-state index contributed by atoms with van der Waals surface area (Å²) in [6, 6.07) is 70.3. The van der Waals surface area contributed by atoms with Crippen LogP contribution in [0.2, 0.25) is 0 Å². The van der Waals surface area contributed by atoms with E-state index in [9.17, 15) is 17.1 Å². The molecule has 8 nitrogen and oxygen atoms in total. The van der Waals surface area contributed by atoms with Crippen molar-refractivity contribution in [1.82, 2.24) is 9.13 Å². The third-order valence-corrected chi connectivity index (χ3v) is 14.1. The Hall–Kier alpha value is -11.3. The van der Waals surface area contributed by atoms with Crippen LogP contribution in [-0.2, 0) is 0 Å². The molecule has 0 N–H and O–H groups in total. The minimum Gasteiger partial charge on any atom is -0.319 e. The Morgan fingerprint density at radius 3 is 1.09 bits per heavy atom. The highest BCUT2D eigenvalue weighted by molar-refractivity contribution is 6.15. The van der Waals surface area contributed by atoms with E-state index in [-0.39, 0.29) is 0 Å². The third-order valence-electron chi connectivity index (χ3n) is 14.1. The molecular weight excluding hydrogens is 917 g/mol. The van der Waals surface area contributed by atoms with Crippen LogP contribution < -0.4 is 0 Å². The van der Waals surface area contributed by atoms with Gasteiger partial charge in [0.1, 0.15) is 0 Å². The van der Waals surface area contributed by atoms with Crippen molar-refractivity contribution in [2.75, 3.05) is 0 Å². The highest BCUT2D eigenvalue weighted by atomic mass is 15.1. The lowest BCUT2D eigenvalue weighted by Gasteiger charge is -2.21. The number of aryl methyl sites for hydroxylation is 1. The van der Waals surface area contributed by atoms with Crippen molar-refractivity contribution < 1.29 is 0 Å². The standard InChI is InChI=1S/C67H36N8/c1-41-32-43(40-69)34-52(33-41)56-26-31-65(74-61-27-16-48(44-8-6-42(39-68)7-9-44)35-57(61)58-36-49(17-28-62(58)74)45-10-20-53(70-2)21-11-45)66(73-5)67(56)75-63-29-18-50(46-12-22-54(71-3)23-13-46)37-59(63)60-38-51(19-30-64(60)75)47-14-24-55(72-4)25-15-47/h6-38H,1H3. The van der Waals surface area contributed by atoms with Gasteiger partial charge < -0.3 is 9.13 Å². The smallest absolute Gasteiger partial charge is 0.234 e. The number of fused-ring (bicyclic) bond motifs is 6. The van der Waals surface area contributed by atoms with Gasteiger partial charge in [0.05, 0.1) is 83.0 Å². The normalized spacial score (nSPS) is 10.9. The van der Waals surface area contributed by atoms with E-state index in [1.165, 1.54) is 0 Å². The third kappa shape index (κ3) is 7.67. The summed E-state index contributed by atoms with van der Waals surface area (Å²) < 4.78 is 4.38. The first-order valence-electron chi connectivity index (χ1n) is 24.0. The molecule has 344 valence electrons. The molecule has 0 radical (unpaired) electrons. The van der Waals surface area contributed by atoms with Gasteiger partial charge in [0, 0.05) is 21.5 Å². The molecule has 0 spiro atoms. The van der Waals surface area contributed by atoms with E-state index in [0.717, 1.165) is 105 Å². The maximum Gasteiger partial charge on any atom is 0.234 e. The van der Waals surface area contributed by atoms with Crippen LogP contribution in [0.1, 0.15) is 16.7 Å². The summed E-state index contributed by atoms with van der Waals surface area (Å²) in [5.74, 6) is 0. The van der Waals surface area contributed by atoms with Crippen LogP contribution >= 0.6 is 0 Å². The van der Waals surface area contributed by atoms with Crippen LogP contribution in [0.25, 0.3) is 130 Å². The molecule has 12 aromatic rings. The van der Waals surface area contributed by atoms with Crippen molar-refractivity contribution in [1.29, 1.82) is 10.5 Å². The number of nitriles is 2. The van der Waals surface area contributed by atoms with Crippen molar-refractivity contribution in [2.24, 2.45) is 0 Å². The summed E-state index contributed by atoms with van der Waals surface area (Å²) in [6.07, 6.45) is 0. The molecule has 0 unspecified atom stereocenters. The van der Waals surface area contributed by atoms with Gasteiger partial charge >= 0.3 is 0 Å². The average Bonchev–Trinajstić information content (AvgIpc) is 4.00. The van der Waals surface area contributed by atoms with Crippen LogP contribution in [-0.4, -0.2) is 9.13 Å². The van der Waals surface area contributed by atoms with Crippen LogP contribution in [0.15, 0.2) is 200 Å². The molecule has 10 aromatic carbocycles. The number of hydrogen-bond acceptors (Lipinski definition) is 2. The van der Waals surface area contributed by atoms with Gasteiger partial charge in [-0.05, 0) is 147 Å². The maximum atomic E-state index is 10.3. The minimum absolute atomic E-state index is 0.401. The van der Waals surface area contributed by atoms with Gasteiger partial charge in [0.2, 0.25) is 5.69 Å². The fourth-order valence-corrected chi connectivity index (χ4v) is 10.5. The molecule has 0 aliphatic heterocycles. The van der Waals surface area contributed by atoms with Gasteiger partial charge in [-0.2, -0.15) is 10.5 Å². The van der Waals surface area contributed by atoms with Crippen molar-refractivity contribution in [2.45, 2.75) is 6.92 Å². The molecule has 0 bridgehead atoms. The topological polar surface area (TPSA) is 74.9 Å². The van der Waals surface area contributed by atoms with E-state index in [4.69, 9.17) is 19.7 Å². The number of nitrogens with zero attached hydrogens (tertiary/aromatic N) is 8. The lowest BCUT2D eigenvalue weighted by Crippen LogP contribution is -2.03. The second kappa shape index (κ2) is 18.2. The van der Waals surface area contributed by atoms with E-state index in [1.54, 1.807) is 0 Å². The quantitative estimate of drug-likeness (QED) is 0.149. The first kappa shape index (κ1) is 44.9. The second-order valence-corrected chi connectivity index (χ2v) is 18.4. The zero-order valence-electron chi connectivity index (χ0n) is 40.1. The fourth-order valence-electron chi connectivity index (χ4n) is 10.5. The summed E-state index contributed by atoms with van der Waals surface area (Å²) in [5.41, 5.74) is 18.2. The number of rotatable bonds is 7. The van der Waals surface area contributed by atoms with Gasteiger partial charge in [-0.25, -0.2) is 19.4 Å². The zero-order chi connectivity index (χ0) is 51.3. The fraction of sp³-hybridized carbons (Fsp3) is 0.0149. The molecule has 8 heteroatoms. The summed E-state index contributed by atoms with van der Waals surface area (Å²) in [7, 11) is 0. The predicted octanol–water partition coefficient (Wildman–Crippen LogP) is 18.5. The minimum atomic E-state index is 0.401. The zero-order valence-corrected chi connectivity index (χ0v) is 40.1. The summed E-state index contributed by atoms with van der Waals surface area (Å²) >= 11 is 0. The van der Waals surface area contributed by atoms with Gasteiger partial charge in [0.25, 0.3) is 0 Å². The lowest BCUT2D eigenvalue weighted by atomic mass is 9.97. The summed E-state index contributed by atoms with van der Waals surface area (Å²) in [6.45, 7) is 34.0. The first-order chi connectivity index (χ1) is 36.8. The molecule has 2 aromatic heterocycles. The SMILES string of the molecule is [C-]#[N+]c1ccc(-c2ccc3c(c2)c2cc(-c4ccc(C#N)cc4)ccc2n3-c2ccc(-c3cc(C)cc(C#N)c3)c(-n3c4ccc(-c5ccc([N+]#[C-])cc5)cc4c4cc(-c5ccc([N+]#[C-])cc5)ccc43)c2[N+]#[C-])cc1. The first-order valence-corrected chi connectivity index (χ1v) is 24.0. The largest absolute Gasteiger partial charge is 0.319 e. The average molecular weight is 953 g/mol. The van der Waals surface area contributed by atoms with E-state index in [2.05, 4.69) is 126 Å². The highest BCUT2D eigenvalue weighted by Gasteiger charge is 2.26. The molecule has 75 heavy (non-hydrogen) atoms. The molecule has 2 heterocycles.